The summed E-state index contributed by atoms with van der Waals surface area (Å²) in [5.74, 6) is 0.282. The third kappa shape index (κ3) is 4.68. The van der Waals surface area contributed by atoms with Gasteiger partial charge in [-0.3, -0.25) is 4.79 Å². The van der Waals surface area contributed by atoms with Gasteiger partial charge in [0.1, 0.15) is 5.69 Å². The number of hydrogen-bond donors (Lipinski definition) is 3. The fourth-order valence-corrected chi connectivity index (χ4v) is 2.43. The first-order chi connectivity index (χ1) is 10.6. The normalized spacial score (nSPS) is 12.0. The summed E-state index contributed by atoms with van der Waals surface area (Å²) in [5, 5.41) is 3.60. The van der Waals surface area contributed by atoms with Crippen molar-refractivity contribution in [3.05, 3.63) is 46.7 Å². The van der Waals surface area contributed by atoms with Gasteiger partial charge in [0.2, 0.25) is 0 Å². The number of H-pyrrole nitrogens is 1. The van der Waals surface area contributed by atoms with Gasteiger partial charge in [-0.25, -0.2) is 4.98 Å². The lowest BCUT2D eigenvalue weighted by Crippen LogP contribution is -2.38. The zero-order chi connectivity index (χ0) is 15.9. The zero-order valence-electron chi connectivity index (χ0n) is 12.2. The highest BCUT2D eigenvalue weighted by Gasteiger charge is 2.15. The van der Waals surface area contributed by atoms with E-state index in [1.54, 1.807) is 0 Å². The van der Waals surface area contributed by atoms with Gasteiger partial charge in [-0.15, -0.1) is 0 Å². The van der Waals surface area contributed by atoms with E-state index in [9.17, 15) is 4.79 Å². The van der Waals surface area contributed by atoms with Crippen LogP contribution in [0.5, 0.6) is 6.01 Å². The topological polar surface area (TPSA) is 67.0 Å². The Bertz CT molecular complexity index is 633. The Morgan fingerprint density at radius 2 is 2.36 bits per heavy atom. The third-order valence-electron chi connectivity index (χ3n) is 3.00. The van der Waals surface area contributed by atoms with E-state index in [4.69, 9.17) is 16.3 Å². The number of thiol groups is 1. The third-order valence-corrected chi connectivity index (χ3v) is 3.68. The molecule has 0 aliphatic heterocycles. The molecule has 1 amide bonds. The van der Waals surface area contributed by atoms with Gasteiger partial charge in [0.25, 0.3) is 11.9 Å². The van der Waals surface area contributed by atoms with E-state index in [2.05, 4.69) is 27.9 Å². The van der Waals surface area contributed by atoms with Crippen LogP contribution in [0.2, 0.25) is 5.02 Å². The molecule has 0 fully saturated rings. The van der Waals surface area contributed by atoms with Crippen LogP contribution in [0, 0.1) is 0 Å². The van der Waals surface area contributed by atoms with Crippen LogP contribution in [0.15, 0.2) is 30.5 Å². The Morgan fingerprint density at radius 1 is 1.55 bits per heavy atom. The van der Waals surface area contributed by atoms with Crippen LogP contribution in [0.1, 0.15) is 23.0 Å². The lowest BCUT2D eigenvalue weighted by Gasteiger charge is -2.16. The van der Waals surface area contributed by atoms with Gasteiger partial charge in [-0.2, -0.15) is 12.6 Å². The van der Waals surface area contributed by atoms with E-state index in [-0.39, 0.29) is 11.9 Å². The van der Waals surface area contributed by atoms with E-state index in [1.165, 1.54) is 6.20 Å². The van der Waals surface area contributed by atoms with E-state index in [1.807, 2.05) is 31.2 Å². The summed E-state index contributed by atoms with van der Waals surface area (Å²) >= 11 is 10.3. The maximum atomic E-state index is 12.2. The minimum absolute atomic E-state index is 0.104. The van der Waals surface area contributed by atoms with Crippen molar-refractivity contribution < 1.29 is 9.53 Å². The maximum absolute atomic E-state index is 12.2. The van der Waals surface area contributed by atoms with Gasteiger partial charge in [-0.1, -0.05) is 23.7 Å². The first-order valence-electron chi connectivity index (χ1n) is 6.96. The van der Waals surface area contributed by atoms with E-state index in [0.29, 0.717) is 35.5 Å². The second kappa shape index (κ2) is 8.10. The summed E-state index contributed by atoms with van der Waals surface area (Å²) < 4.78 is 5.20. The summed E-state index contributed by atoms with van der Waals surface area (Å²) in [5.41, 5.74) is 1.41. The molecule has 1 aromatic carbocycles. The minimum Gasteiger partial charge on any atom is -0.465 e. The van der Waals surface area contributed by atoms with Gasteiger partial charge >= 0.3 is 0 Å². The van der Waals surface area contributed by atoms with Gasteiger partial charge in [0.15, 0.2) is 0 Å². The smallest absolute Gasteiger partial charge is 0.294 e. The van der Waals surface area contributed by atoms with Crippen molar-refractivity contribution in [1.29, 1.82) is 0 Å². The monoisotopic (exact) mass is 339 g/mol. The molecule has 1 heterocycles. The molecule has 1 aromatic heterocycles. The number of aromatic nitrogens is 2. The van der Waals surface area contributed by atoms with Crippen molar-refractivity contribution in [2.75, 3.05) is 12.4 Å². The van der Waals surface area contributed by atoms with Crippen LogP contribution < -0.4 is 10.1 Å². The predicted octanol–water partition coefficient (Wildman–Crippen LogP) is 2.73. The highest BCUT2D eigenvalue weighted by atomic mass is 35.5. The molecule has 1 atom stereocenters. The Morgan fingerprint density at radius 3 is 3.05 bits per heavy atom. The van der Waals surface area contributed by atoms with Gasteiger partial charge in [-0.05, 0) is 31.0 Å². The molecule has 5 nitrogen and oxygen atoms in total. The number of aromatic amines is 1. The highest BCUT2D eigenvalue weighted by Crippen LogP contribution is 2.13. The second-order valence-electron chi connectivity index (χ2n) is 4.72. The molecule has 0 bridgehead atoms. The van der Waals surface area contributed by atoms with Crippen molar-refractivity contribution in [3.8, 4) is 6.01 Å². The first kappa shape index (κ1) is 16.7. The number of carbonyl (C=O) groups excluding carboxylic acids is 1. The SMILES string of the molecule is CCOc1ncc(C(=O)N[C@@H](CS)Cc2cccc(Cl)c2)[nH]1. The molecule has 22 heavy (non-hydrogen) atoms. The average Bonchev–Trinajstić information content (AvgIpc) is 2.96. The number of amides is 1. The molecule has 0 radical (unpaired) electrons. The number of imidazole rings is 1. The van der Waals surface area contributed by atoms with E-state index < -0.39 is 0 Å². The molecule has 0 spiro atoms. The van der Waals surface area contributed by atoms with E-state index >= 15 is 0 Å². The van der Waals surface area contributed by atoms with Crippen LogP contribution in [0.4, 0.5) is 0 Å². The molecule has 0 aliphatic carbocycles. The standard InChI is InChI=1S/C15H18ClN3O2S/c1-2-21-15-17-8-13(19-15)14(20)18-12(9-22)7-10-4-3-5-11(16)6-10/h3-6,8,12,22H,2,7,9H2,1H3,(H,17,19)(H,18,20)/t12-/m1/s1. The molecule has 2 aromatic rings. The van der Waals surface area contributed by atoms with Gasteiger partial charge in [0.05, 0.1) is 12.8 Å². The zero-order valence-corrected chi connectivity index (χ0v) is 13.8. The largest absolute Gasteiger partial charge is 0.465 e. The number of hydrogen-bond acceptors (Lipinski definition) is 4. The molecule has 0 saturated carbocycles. The van der Waals surface area contributed by atoms with Crippen molar-refractivity contribution >= 4 is 30.1 Å². The Balaban J connectivity index is 1.98. The number of benzene rings is 1. The minimum atomic E-state index is -0.237. The molecule has 0 aliphatic rings. The Hall–Kier alpha value is -1.66. The molecule has 0 saturated heterocycles. The van der Waals surface area contributed by atoms with Gasteiger partial charge in [0, 0.05) is 16.8 Å². The lowest BCUT2D eigenvalue weighted by atomic mass is 10.1. The lowest BCUT2D eigenvalue weighted by molar-refractivity contribution is 0.0935. The quantitative estimate of drug-likeness (QED) is 0.679. The summed E-state index contributed by atoms with van der Waals surface area (Å²) in [7, 11) is 0. The first-order valence-corrected chi connectivity index (χ1v) is 7.97. The highest BCUT2D eigenvalue weighted by molar-refractivity contribution is 7.80. The number of carbonyl (C=O) groups is 1. The van der Waals surface area contributed by atoms with Crippen LogP contribution >= 0.6 is 24.2 Å². The molecule has 0 unspecified atom stereocenters. The van der Waals surface area contributed by atoms with Crippen molar-refractivity contribution in [3.63, 3.8) is 0 Å². The predicted molar refractivity (Wildman–Crippen MR) is 90.0 cm³/mol. The molecule has 2 rings (SSSR count). The number of nitrogens with zero attached hydrogens (tertiary/aromatic N) is 1. The van der Waals surface area contributed by atoms with Crippen molar-refractivity contribution in [2.45, 2.75) is 19.4 Å². The Kier molecular flexibility index (Phi) is 6.15. The van der Waals surface area contributed by atoms with Crippen LogP contribution in [-0.4, -0.2) is 34.3 Å². The van der Waals surface area contributed by atoms with Crippen LogP contribution in [0.25, 0.3) is 0 Å². The van der Waals surface area contributed by atoms with E-state index in [0.717, 1.165) is 5.56 Å². The summed E-state index contributed by atoms with van der Waals surface area (Å²) in [6, 6.07) is 7.79. The molecule has 2 N–H and O–H groups in total. The summed E-state index contributed by atoms with van der Waals surface area (Å²) in [6.45, 7) is 2.34. The van der Waals surface area contributed by atoms with Gasteiger partial charge < -0.3 is 15.0 Å². The number of rotatable bonds is 7. The fourth-order valence-electron chi connectivity index (χ4n) is 2.00. The number of ether oxygens (including phenoxy) is 1. The van der Waals surface area contributed by atoms with Crippen LogP contribution in [-0.2, 0) is 6.42 Å². The summed E-state index contributed by atoms with van der Waals surface area (Å²) in [6.07, 6.45) is 2.11. The molecule has 7 heteroatoms. The van der Waals surface area contributed by atoms with Crippen molar-refractivity contribution in [1.82, 2.24) is 15.3 Å². The molecule has 118 valence electrons. The molecular formula is C15H18ClN3O2S. The van der Waals surface area contributed by atoms with Crippen molar-refractivity contribution in [2.24, 2.45) is 0 Å². The Labute approximate surface area is 139 Å². The summed E-state index contributed by atoms with van der Waals surface area (Å²) in [4.78, 5) is 19.0. The molecular weight excluding hydrogens is 322 g/mol. The second-order valence-corrected chi connectivity index (χ2v) is 5.52. The number of nitrogens with one attached hydrogen (secondary N) is 2. The maximum Gasteiger partial charge on any atom is 0.294 e. The number of halogens is 1. The fraction of sp³-hybridized carbons (Fsp3) is 0.333. The van der Waals surface area contributed by atoms with Crippen LogP contribution in [0.3, 0.4) is 0 Å². The average molecular weight is 340 g/mol.